The summed E-state index contributed by atoms with van der Waals surface area (Å²) in [5.74, 6) is 0.832. The maximum atomic E-state index is 9.09. The zero-order valence-electron chi connectivity index (χ0n) is 11.9. The van der Waals surface area contributed by atoms with Crippen LogP contribution in [0.25, 0.3) is 0 Å². The molecule has 0 bridgehead atoms. The first kappa shape index (κ1) is 13.9. The average molecular weight is 257 g/mol. The minimum absolute atomic E-state index is 0.744. The molecule has 1 fully saturated rings. The van der Waals surface area contributed by atoms with Gasteiger partial charge in [-0.2, -0.15) is 5.26 Å². The van der Waals surface area contributed by atoms with Crippen LogP contribution in [0, 0.1) is 24.2 Å². The van der Waals surface area contributed by atoms with Gasteiger partial charge in [0.2, 0.25) is 0 Å². The largest absolute Gasteiger partial charge is 0.384 e. The first-order chi connectivity index (χ1) is 9.19. The smallest absolute Gasteiger partial charge is 0.101 e. The van der Waals surface area contributed by atoms with Gasteiger partial charge < -0.3 is 10.2 Å². The average Bonchev–Trinajstić information content (AvgIpc) is 2.41. The molecule has 0 saturated carbocycles. The van der Waals surface area contributed by atoms with E-state index in [-0.39, 0.29) is 0 Å². The summed E-state index contributed by atoms with van der Waals surface area (Å²) < 4.78 is 0. The van der Waals surface area contributed by atoms with Gasteiger partial charge in [-0.05, 0) is 69.9 Å². The van der Waals surface area contributed by atoms with Gasteiger partial charge in [0.15, 0.2) is 0 Å². The van der Waals surface area contributed by atoms with Crippen LogP contribution in [0.5, 0.6) is 0 Å². The lowest BCUT2D eigenvalue weighted by atomic mass is 9.94. The predicted molar refractivity (Wildman–Crippen MR) is 79.2 cm³/mol. The third kappa shape index (κ3) is 3.97. The van der Waals surface area contributed by atoms with Crippen molar-refractivity contribution in [3.05, 3.63) is 29.3 Å². The molecule has 0 aromatic heterocycles. The molecule has 1 aliphatic rings. The molecule has 0 atom stereocenters. The normalized spacial score (nSPS) is 17.1. The van der Waals surface area contributed by atoms with Gasteiger partial charge in [0.25, 0.3) is 0 Å². The minimum Gasteiger partial charge on any atom is -0.384 e. The van der Waals surface area contributed by atoms with Crippen LogP contribution >= 0.6 is 0 Å². The molecule has 0 radical (unpaired) electrons. The fourth-order valence-corrected chi connectivity index (χ4v) is 2.66. The van der Waals surface area contributed by atoms with E-state index in [1.165, 1.54) is 37.9 Å². The van der Waals surface area contributed by atoms with E-state index in [9.17, 15) is 0 Å². The molecule has 3 heteroatoms. The van der Waals surface area contributed by atoms with Gasteiger partial charge in [0.1, 0.15) is 6.07 Å². The summed E-state index contributed by atoms with van der Waals surface area (Å²) in [5.41, 5.74) is 2.92. The number of likely N-dealkylation sites (tertiary alicyclic amines) is 1. The van der Waals surface area contributed by atoms with Crippen molar-refractivity contribution in [2.24, 2.45) is 5.92 Å². The number of anilines is 1. The molecule has 0 amide bonds. The van der Waals surface area contributed by atoms with Crippen LogP contribution in [-0.4, -0.2) is 31.6 Å². The van der Waals surface area contributed by atoms with E-state index in [0.717, 1.165) is 23.7 Å². The summed E-state index contributed by atoms with van der Waals surface area (Å²) in [6.45, 7) is 5.47. The number of nitrogens with one attached hydrogen (secondary N) is 1. The van der Waals surface area contributed by atoms with E-state index in [2.05, 4.69) is 36.3 Å². The number of benzene rings is 1. The van der Waals surface area contributed by atoms with Crippen LogP contribution < -0.4 is 5.32 Å². The van der Waals surface area contributed by atoms with Gasteiger partial charge in [-0.15, -0.1) is 0 Å². The Balaban J connectivity index is 1.83. The minimum atomic E-state index is 0.744. The number of hydrogen-bond donors (Lipinski definition) is 1. The Morgan fingerprint density at radius 1 is 1.37 bits per heavy atom. The Morgan fingerprint density at radius 3 is 2.79 bits per heavy atom. The van der Waals surface area contributed by atoms with Gasteiger partial charge in [-0.25, -0.2) is 0 Å². The zero-order chi connectivity index (χ0) is 13.7. The lowest BCUT2D eigenvalue weighted by molar-refractivity contribution is 0.215. The number of aryl methyl sites for hydroxylation is 1. The van der Waals surface area contributed by atoms with Gasteiger partial charge >= 0.3 is 0 Å². The van der Waals surface area contributed by atoms with Crippen LogP contribution in [0.1, 0.15) is 30.4 Å². The maximum absolute atomic E-state index is 9.09. The van der Waals surface area contributed by atoms with Crippen LogP contribution in [0.3, 0.4) is 0 Å². The molecule has 1 aromatic rings. The van der Waals surface area contributed by atoms with Gasteiger partial charge in [0.05, 0.1) is 11.3 Å². The number of piperidine rings is 1. The van der Waals surface area contributed by atoms with Crippen molar-refractivity contribution in [2.45, 2.75) is 26.2 Å². The van der Waals surface area contributed by atoms with E-state index in [1.807, 2.05) is 12.1 Å². The van der Waals surface area contributed by atoms with Crippen molar-refractivity contribution in [3.63, 3.8) is 0 Å². The van der Waals surface area contributed by atoms with Crippen molar-refractivity contribution in [1.82, 2.24) is 4.90 Å². The van der Waals surface area contributed by atoms with Crippen LogP contribution in [0.2, 0.25) is 0 Å². The molecule has 1 aromatic carbocycles. The second-order valence-corrected chi connectivity index (χ2v) is 5.62. The van der Waals surface area contributed by atoms with Crippen LogP contribution in [-0.2, 0) is 0 Å². The van der Waals surface area contributed by atoms with Crippen LogP contribution in [0.15, 0.2) is 18.2 Å². The topological polar surface area (TPSA) is 39.1 Å². The summed E-state index contributed by atoms with van der Waals surface area (Å²) in [4.78, 5) is 2.40. The van der Waals surface area contributed by atoms with Gasteiger partial charge in [0, 0.05) is 6.54 Å². The molecule has 1 aliphatic heterocycles. The van der Waals surface area contributed by atoms with E-state index in [4.69, 9.17) is 5.26 Å². The molecule has 0 unspecified atom stereocenters. The molecule has 1 saturated heterocycles. The molecule has 0 spiro atoms. The highest BCUT2D eigenvalue weighted by Crippen LogP contribution is 2.21. The molecular formula is C16H23N3. The van der Waals surface area contributed by atoms with E-state index < -0.39 is 0 Å². The first-order valence-electron chi connectivity index (χ1n) is 7.12. The highest BCUT2D eigenvalue weighted by atomic mass is 15.1. The molecule has 2 rings (SSSR count). The lowest BCUT2D eigenvalue weighted by Crippen LogP contribution is -2.30. The molecule has 102 valence electrons. The molecular weight excluding hydrogens is 234 g/mol. The standard InChI is InChI=1S/C16H23N3/c1-13-3-4-15(12-17)16(11-13)18-8-5-14-6-9-19(2)10-7-14/h3-4,11,14,18H,5-10H2,1-2H3. The fraction of sp³-hybridized carbons (Fsp3) is 0.562. The fourth-order valence-electron chi connectivity index (χ4n) is 2.66. The number of hydrogen-bond acceptors (Lipinski definition) is 3. The Morgan fingerprint density at radius 2 is 2.11 bits per heavy atom. The second kappa shape index (κ2) is 6.58. The lowest BCUT2D eigenvalue weighted by Gasteiger charge is -2.29. The molecule has 0 aliphatic carbocycles. The number of nitrogens with zero attached hydrogens (tertiary/aromatic N) is 2. The summed E-state index contributed by atoms with van der Waals surface area (Å²) in [7, 11) is 2.19. The highest BCUT2D eigenvalue weighted by molar-refractivity contribution is 5.58. The Kier molecular flexibility index (Phi) is 4.81. The van der Waals surface area contributed by atoms with Crippen molar-refractivity contribution in [1.29, 1.82) is 5.26 Å². The van der Waals surface area contributed by atoms with E-state index in [1.54, 1.807) is 0 Å². The molecule has 1 N–H and O–H groups in total. The van der Waals surface area contributed by atoms with Gasteiger partial charge in [-0.1, -0.05) is 6.07 Å². The summed E-state index contributed by atoms with van der Waals surface area (Å²) in [6.07, 6.45) is 3.81. The highest BCUT2D eigenvalue weighted by Gasteiger charge is 2.16. The third-order valence-corrected chi connectivity index (χ3v) is 4.00. The zero-order valence-corrected chi connectivity index (χ0v) is 11.9. The Bertz CT molecular complexity index is 454. The van der Waals surface area contributed by atoms with Crippen molar-refractivity contribution < 1.29 is 0 Å². The van der Waals surface area contributed by atoms with Gasteiger partial charge in [-0.3, -0.25) is 0 Å². The summed E-state index contributed by atoms with van der Waals surface area (Å²) in [5, 5.41) is 12.5. The monoisotopic (exact) mass is 257 g/mol. The van der Waals surface area contributed by atoms with Crippen molar-refractivity contribution in [3.8, 4) is 6.07 Å². The first-order valence-corrected chi connectivity index (χ1v) is 7.12. The molecule has 19 heavy (non-hydrogen) atoms. The predicted octanol–water partition coefficient (Wildman–Crippen LogP) is 3.01. The van der Waals surface area contributed by atoms with E-state index in [0.29, 0.717) is 0 Å². The second-order valence-electron chi connectivity index (χ2n) is 5.62. The van der Waals surface area contributed by atoms with E-state index >= 15 is 0 Å². The molecule has 1 heterocycles. The third-order valence-electron chi connectivity index (χ3n) is 4.00. The molecule has 3 nitrogen and oxygen atoms in total. The summed E-state index contributed by atoms with van der Waals surface area (Å²) >= 11 is 0. The van der Waals surface area contributed by atoms with Crippen molar-refractivity contribution in [2.75, 3.05) is 32.0 Å². The Labute approximate surface area is 116 Å². The van der Waals surface area contributed by atoms with Crippen molar-refractivity contribution >= 4 is 5.69 Å². The summed E-state index contributed by atoms with van der Waals surface area (Å²) in [6, 6.07) is 8.19. The van der Waals surface area contributed by atoms with Crippen LogP contribution in [0.4, 0.5) is 5.69 Å². The number of rotatable bonds is 4. The SMILES string of the molecule is Cc1ccc(C#N)c(NCCC2CCN(C)CC2)c1. The maximum Gasteiger partial charge on any atom is 0.101 e. The number of nitriles is 1. The Hall–Kier alpha value is -1.53. The quantitative estimate of drug-likeness (QED) is 0.901.